The predicted octanol–water partition coefficient (Wildman–Crippen LogP) is 7.13. The molecule has 0 aliphatic carbocycles. The number of aromatic amines is 2. The minimum atomic E-state index is -0.393. The number of halogens is 2. The SMILES string of the molecule is CC.Fc1cccc(-c2nccc3[nH]c(-c4n[nH]c5ccc(-c6cncc(CN7CCCC7)c6)c(F)c45)nc23)c1. The Kier molecular flexibility index (Phi) is 7.04. The van der Waals surface area contributed by atoms with Gasteiger partial charge in [-0.25, -0.2) is 13.8 Å². The van der Waals surface area contributed by atoms with Crippen molar-refractivity contribution in [3.8, 4) is 33.9 Å². The number of rotatable bonds is 5. The molecule has 6 aromatic rings. The molecule has 2 aromatic carbocycles. The number of pyridine rings is 2. The lowest BCUT2D eigenvalue weighted by Crippen LogP contribution is -2.18. The van der Waals surface area contributed by atoms with Gasteiger partial charge >= 0.3 is 0 Å². The van der Waals surface area contributed by atoms with Crippen LogP contribution in [-0.4, -0.2) is 48.1 Å². The first-order valence-corrected chi connectivity index (χ1v) is 13.6. The summed E-state index contributed by atoms with van der Waals surface area (Å²) in [5, 5.41) is 7.66. The maximum absolute atomic E-state index is 16.1. The van der Waals surface area contributed by atoms with E-state index in [1.807, 2.05) is 32.2 Å². The maximum atomic E-state index is 16.1. The van der Waals surface area contributed by atoms with Crippen molar-refractivity contribution in [3.05, 3.63) is 84.3 Å². The van der Waals surface area contributed by atoms with Gasteiger partial charge in [0.25, 0.3) is 0 Å². The highest BCUT2D eigenvalue weighted by Crippen LogP contribution is 2.35. The molecule has 0 spiro atoms. The van der Waals surface area contributed by atoms with Crippen LogP contribution in [0.4, 0.5) is 8.78 Å². The third-order valence-electron chi connectivity index (χ3n) is 7.10. The number of hydrogen-bond acceptors (Lipinski definition) is 5. The molecule has 0 unspecified atom stereocenters. The van der Waals surface area contributed by atoms with Gasteiger partial charge in [-0.15, -0.1) is 0 Å². The molecule has 5 heterocycles. The molecular weight excluding hydrogens is 508 g/mol. The van der Waals surface area contributed by atoms with Crippen molar-refractivity contribution in [1.82, 2.24) is 35.0 Å². The van der Waals surface area contributed by atoms with Crippen molar-refractivity contribution >= 4 is 21.9 Å². The highest BCUT2D eigenvalue weighted by molar-refractivity contribution is 5.98. The second kappa shape index (κ2) is 10.9. The van der Waals surface area contributed by atoms with E-state index in [1.54, 1.807) is 36.7 Å². The van der Waals surface area contributed by atoms with E-state index in [0.717, 1.165) is 30.8 Å². The smallest absolute Gasteiger partial charge is 0.159 e. The van der Waals surface area contributed by atoms with Gasteiger partial charge in [-0.2, -0.15) is 5.10 Å². The topological polar surface area (TPSA) is 86.4 Å². The first kappa shape index (κ1) is 25.8. The molecule has 7 rings (SSSR count). The zero-order valence-corrected chi connectivity index (χ0v) is 22.4. The first-order valence-electron chi connectivity index (χ1n) is 13.6. The third-order valence-corrected chi connectivity index (χ3v) is 7.10. The van der Waals surface area contributed by atoms with Gasteiger partial charge in [-0.05, 0) is 67.9 Å². The molecule has 1 aliphatic heterocycles. The monoisotopic (exact) mass is 537 g/mol. The minimum absolute atomic E-state index is 0.340. The maximum Gasteiger partial charge on any atom is 0.159 e. The fourth-order valence-corrected chi connectivity index (χ4v) is 5.28. The van der Waals surface area contributed by atoms with Gasteiger partial charge in [-0.3, -0.25) is 20.0 Å². The van der Waals surface area contributed by atoms with Crippen LogP contribution in [0.2, 0.25) is 0 Å². The quantitative estimate of drug-likeness (QED) is 0.244. The zero-order chi connectivity index (χ0) is 27.6. The van der Waals surface area contributed by atoms with E-state index < -0.39 is 5.82 Å². The van der Waals surface area contributed by atoms with Gasteiger partial charge in [0.1, 0.15) is 22.8 Å². The van der Waals surface area contributed by atoms with Crippen molar-refractivity contribution in [1.29, 1.82) is 0 Å². The van der Waals surface area contributed by atoms with Gasteiger partial charge in [0.2, 0.25) is 0 Å². The normalized spacial score (nSPS) is 13.6. The molecular formula is C31H29F2N7. The van der Waals surface area contributed by atoms with Crippen molar-refractivity contribution in [2.24, 2.45) is 0 Å². The Morgan fingerprint density at radius 1 is 0.900 bits per heavy atom. The van der Waals surface area contributed by atoms with Gasteiger partial charge in [0, 0.05) is 41.8 Å². The second-order valence-electron chi connectivity index (χ2n) is 9.64. The molecule has 4 aromatic heterocycles. The molecule has 9 heteroatoms. The van der Waals surface area contributed by atoms with E-state index >= 15 is 4.39 Å². The van der Waals surface area contributed by atoms with Crippen molar-refractivity contribution < 1.29 is 8.78 Å². The van der Waals surface area contributed by atoms with Crippen LogP contribution in [0, 0.1) is 11.6 Å². The molecule has 1 saturated heterocycles. The molecule has 0 saturated carbocycles. The summed E-state index contributed by atoms with van der Waals surface area (Å²) in [4.78, 5) is 19.2. The highest BCUT2D eigenvalue weighted by Gasteiger charge is 2.21. The van der Waals surface area contributed by atoms with Crippen LogP contribution in [-0.2, 0) is 6.54 Å². The van der Waals surface area contributed by atoms with Crippen LogP contribution >= 0.6 is 0 Å². The number of nitrogens with one attached hydrogen (secondary N) is 2. The molecule has 1 fully saturated rings. The summed E-state index contributed by atoms with van der Waals surface area (Å²) in [5.41, 5.74) is 5.55. The highest BCUT2D eigenvalue weighted by atomic mass is 19.1. The fraction of sp³-hybridized carbons (Fsp3) is 0.226. The van der Waals surface area contributed by atoms with E-state index in [1.165, 1.54) is 25.0 Å². The van der Waals surface area contributed by atoms with Crippen LogP contribution in [0.1, 0.15) is 32.3 Å². The predicted molar refractivity (Wildman–Crippen MR) is 153 cm³/mol. The number of nitrogens with zero attached hydrogens (tertiary/aromatic N) is 5. The number of fused-ring (bicyclic) bond motifs is 2. The average molecular weight is 538 g/mol. The number of likely N-dealkylation sites (tertiary alicyclic amines) is 1. The Labute approximate surface area is 230 Å². The summed E-state index contributed by atoms with van der Waals surface area (Å²) < 4.78 is 30.0. The summed E-state index contributed by atoms with van der Waals surface area (Å²) in [6.07, 6.45) is 7.59. The van der Waals surface area contributed by atoms with Gasteiger partial charge < -0.3 is 4.98 Å². The lowest BCUT2D eigenvalue weighted by atomic mass is 10.0. The molecule has 202 valence electrons. The molecule has 0 atom stereocenters. The number of aromatic nitrogens is 6. The molecule has 7 nitrogen and oxygen atoms in total. The van der Waals surface area contributed by atoms with Crippen LogP contribution in [0.3, 0.4) is 0 Å². The van der Waals surface area contributed by atoms with Crippen LogP contribution in [0.15, 0.2) is 67.1 Å². The number of benzene rings is 2. The second-order valence-corrected chi connectivity index (χ2v) is 9.64. The zero-order valence-electron chi connectivity index (χ0n) is 22.4. The Morgan fingerprint density at radius 2 is 1.75 bits per heavy atom. The van der Waals surface area contributed by atoms with Crippen molar-refractivity contribution in [2.75, 3.05) is 13.1 Å². The first-order chi connectivity index (χ1) is 19.6. The third kappa shape index (κ3) is 4.73. The Balaban J connectivity index is 0.00000142. The summed E-state index contributed by atoms with van der Waals surface area (Å²) in [7, 11) is 0. The van der Waals surface area contributed by atoms with E-state index in [4.69, 9.17) is 4.98 Å². The molecule has 2 N–H and O–H groups in total. The van der Waals surface area contributed by atoms with Gasteiger partial charge in [-0.1, -0.05) is 26.0 Å². The number of hydrogen-bond donors (Lipinski definition) is 2. The lowest BCUT2D eigenvalue weighted by molar-refractivity contribution is 0.331. The van der Waals surface area contributed by atoms with Crippen molar-refractivity contribution in [2.45, 2.75) is 33.2 Å². The van der Waals surface area contributed by atoms with Crippen LogP contribution in [0.25, 0.3) is 55.8 Å². The van der Waals surface area contributed by atoms with E-state index in [9.17, 15) is 4.39 Å². The molecule has 0 radical (unpaired) electrons. The van der Waals surface area contributed by atoms with Gasteiger partial charge in [0.15, 0.2) is 5.82 Å². The molecule has 0 amide bonds. The number of H-pyrrole nitrogens is 2. The van der Waals surface area contributed by atoms with E-state index in [-0.39, 0.29) is 5.82 Å². The van der Waals surface area contributed by atoms with Gasteiger partial charge in [0.05, 0.1) is 22.1 Å². The summed E-state index contributed by atoms with van der Waals surface area (Å²) in [5.74, 6) is -0.354. The minimum Gasteiger partial charge on any atom is -0.336 e. The fourth-order valence-electron chi connectivity index (χ4n) is 5.28. The number of imidazole rings is 1. The Morgan fingerprint density at radius 3 is 2.58 bits per heavy atom. The molecule has 1 aliphatic rings. The summed E-state index contributed by atoms with van der Waals surface area (Å²) in [6.45, 7) is 6.97. The standard InChI is InChI=1S/C29H23F2N7.C2H6/c30-20-5-3-4-18(13-20)26-27-23(8-9-33-26)34-29(35-27)28-24-22(36-37-28)7-6-21(25(24)31)19-12-17(14-32-15-19)16-38-10-1-2-11-38;1-2/h3-9,12-15H,1-2,10-11,16H2,(H,34,35)(H,36,37);1-2H3. The van der Waals surface area contributed by atoms with Crippen LogP contribution < -0.4 is 0 Å². The Hall–Kier alpha value is -4.50. The summed E-state index contributed by atoms with van der Waals surface area (Å²) >= 11 is 0. The summed E-state index contributed by atoms with van der Waals surface area (Å²) in [6, 6.07) is 13.6. The van der Waals surface area contributed by atoms with Crippen molar-refractivity contribution in [3.63, 3.8) is 0 Å². The Bertz CT molecular complexity index is 1800. The lowest BCUT2D eigenvalue weighted by Gasteiger charge is -2.15. The molecule has 40 heavy (non-hydrogen) atoms. The molecule has 0 bridgehead atoms. The van der Waals surface area contributed by atoms with Crippen LogP contribution in [0.5, 0.6) is 0 Å². The van der Waals surface area contributed by atoms with E-state index in [0.29, 0.717) is 50.3 Å². The largest absolute Gasteiger partial charge is 0.336 e. The van der Waals surface area contributed by atoms with E-state index in [2.05, 4.69) is 30.0 Å². The average Bonchev–Trinajstić information content (AvgIpc) is 3.74.